The highest BCUT2D eigenvalue weighted by Crippen LogP contribution is 2.00. The second kappa shape index (κ2) is 7.40. The Morgan fingerprint density at radius 1 is 1.24 bits per heavy atom. The Bertz CT molecular complexity index is 364. The van der Waals surface area contributed by atoms with Gasteiger partial charge in [-0.25, -0.2) is 0 Å². The van der Waals surface area contributed by atoms with E-state index in [0.29, 0.717) is 0 Å². The molecule has 0 saturated heterocycles. The minimum absolute atomic E-state index is 0.00797. The molecule has 5 heteroatoms. The molecule has 0 saturated carbocycles. The lowest BCUT2D eigenvalue weighted by Gasteiger charge is -2.05. The number of rotatable bonds is 7. The van der Waals surface area contributed by atoms with E-state index in [4.69, 9.17) is 9.84 Å². The molecule has 1 aromatic carbocycles. The highest BCUT2D eigenvalue weighted by molar-refractivity contribution is 5.72. The van der Waals surface area contributed by atoms with Gasteiger partial charge in [0.05, 0.1) is 13.0 Å². The molecule has 17 heavy (non-hydrogen) atoms. The fraction of sp³-hybridized carbons (Fsp3) is 0.333. The average molecular weight is 237 g/mol. The van der Waals surface area contributed by atoms with Gasteiger partial charge in [0.2, 0.25) is 0 Å². The minimum Gasteiger partial charge on any atom is -0.481 e. The van der Waals surface area contributed by atoms with E-state index in [0.717, 1.165) is 5.56 Å². The van der Waals surface area contributed by atoms with Crippen LogP contribution < -0.4 is 5.32 Å². The number of benzene rings is 1. The number of nitrogens with one attached hydrogen (secondary N) is 1. The Morgan fingerprint density at radius 3 is 2.59 bits per heavy atom. The van der Waals surface area contributed by atoms with Crippen LogP contribution in [-0.2, 0) is 20.9 Å². The monoisotopic (exact) mass is 237 g/mol. The molecule has 0 fully saturated rings. The molecular weight excluding hydrogens is 222 g/mol. The lowest BCUT2D eigenvalue weighted by molar-refractivity contribution is -0.144. The first-order valence-electron chi connectivity index (χ1n) is 5.30. The first kappa shape index (κ1) is 13.2. The number of carboxylic acids is 1. The van der Waals surface area contributed by atoms with Gasteiger partial charge in [0.15, 0.2) is 0 Å². The van der Waals surface area contributed by atoms with Gasteiger partial charge in [0.25, 0.3) is 0 Å². The molecule has 0 amide bonds. The van der Waals surface area contributed by atoms with Gasteiger partial charge >= 0.3 is 11.9 Å². The van der Waals surface area contributed by atoms with Crippen LogP contribution in [0, 0.1) is 0 Å². The number of carbonyl (C=O) groups excluding carboxylic acids is 1. The normalized spacial score (nSPS) is 9.88. The van der Waals surface area contributed by atoms with Crippen molar-refractivity contribution in [1.29, 1.82) is 0 Å². The van der Waals surface area contributed by atoms with Gasteiger partial charge in [0, 0.05) is 6.54 Å². The molecule has 92 valence electrons. The van der Waals surface area contributed by atoms with Gasteiger partial charge in [-0.05, 0) is 5.56 Å². The van der Waals surface area contributed by atoms with Crippen molar-refractivity contribution in [2.75, 3.05) is 13.1 Å². The maximum atomic E-state index is 11.2. The van der Waals surface area contributed by atoms with E-state index in [2.05, 4.69) is 5.32 Å². The number of hydrogen-bond donors (Lipinski definition) is 2. The molecule has 0 bridgehead atoms. The Balaban J connectivity index is 2.11. The zero-order valence-electron chi connectivity index (χ0n) is 9.39. The molecule has 0 heterocycles. The van der Waals surface area contributed by atoms with Gasteiger partial charge in [-0.1, -0.05) is 30.3 Å². The van der Waals surface area contributed by atoms with Crippen molar-refractivity contribution >= 4 is 11.9 Å². The van der Waals surface area contributed by atoms with E-state index in [1.807, 2.05) is 30.3 Å². The highest BCUT2D eigenvalue weighted by Gasteiger charge is 2.03. The van der Waals surface area contributed by atoms with E-state index in [1.54, 1.807) is 0 Å². The Hall–Kier alpha value is -1.88. The van der Waals surface area contributed by atoms with E-state index in [9.17, 15) is 9.59 Å². The minimum atomic E-state index is -0.893. The van der Waals surface area contributed by atoms with E-state index in [1.165, 1.54) is 0 Å². The molecule has 0 aliphatic carbocycles. The Kier molecular flexibility index (Phi) is 5.74. The van der Waals surface area contributed by atoms with Crippen molar-refractivity contribution in [3.05, 3.63) is 35.9 Å². The van der Waals surface area contributed by atoms with Gasteiger partial charge in [-0.15, -0.1) is 0 Å². The summed E-state index contributed by atoms with van der Waals surface area (Å²) in [7, 11) is 0. The molecule has 0 unspecified atom stereocenters. The quantitative estimate of drug-likeness (QED) is 0.541. The second-order valence-electron chi connectivity index (χ2n) is 3.47. The van der Waals surface area contributed by atoms with Crippen LogP contribution in [0.3, 0.4) is 0 Å². The summed E-state index contributed by atoms with van der Waals surface area (Å²) in [5.41, 5.74) is 0.923. The van der Waals surface area contributed by atoms with Crippen LogP contribution in [0.15, 0.2) is 30.3 Å². The number of esters is 1. The van der Waals surface area contributed by atoms with Gasteiger partial charge < -0.3 is 15.2 Å². The SMILES string of the molecule is O=C(O)CCNCC(=O)OCc1ccccc1. The molecule has 2 N–H and O–H groups in total. The van der Waals surface area contributed by atoms with Crippen LogP contribution in [0.4, 0.5) is 0 Å². The van der Waals surface area contributed by atoms with E-state index < -0.39 is 5.97 Å². The molecule has 1 aromatic rings. The molecule has 0 aliphatic heterocycles. The van der Waals surface area contributed by atoms with Crippen molar-refractivity contribution < 1.29 is 19.4 Å². The largest absolute Gasteiger partial charge is 0.481 e. The lowest BCUT2D eigenvalue weighted by atomic mass is 10.2. The van der Waals surface area contributed by atoms with Crippen LogP contribution in [0.1, 0.15) is 12.0 Å². The summed E-state index contributed by atoms with van der Waals surface area (Å²) in [6, 6.07) is 9.36. The van der Waals surface area contributed by atoms with Crippen LogP contribution in [0.2, 0.25) is 0 Å². The second-order valence-corrected chi connectivity index (χ2v) is 3.47. The fourth-order valence-electron chi connectivity index (χ4n) is 1.17. The zero-order valence-corrected chi connectivity index (χ0v) is 9.39. The molecule has 0 aliphatic rings. The summed E-state index contributed by atoms with van der Waals surface area (Å²) < 4.78 is 4.99. The fourth-order valence-corrected chi connectivity index (χ4v) is 1.17. The van der Waals surface area contributed by atoms with Gasteiger partial charge in [-0.3, -0.25) is 9.59 Å². The van der Waals surface area contributed by atoms with Gasteiger partial charge in [-0.2, -0.15) is 0 Å². The van der Waals surface area contributed by atoms with Crippen molar-refractivity contribution in [3.8, 4) is 0 Å². The third-order valence-electron chi connectivity index (χ3n) is 2.03. The summed E-state index contributed by atoms with van der Waals surface area (Å²) in [5.74, 6) is -1.28. The standard InChI is InChI=1S/C12H15NO4/c14-11(15)6-7-13-8-12(16)17-9-10-4-2-1-3-5-10/h1-5,13H,6-9H2,(H,14,15). The van der Waals surface area contributed by atoms with Crippen LogP contribution in [0.25, 0.3) is 0 Å². The molecule has 0 spiro atoms. The number of ether oxygens (including phenoxy) is 1. The predicted octanol–water partition coefficient (Wildman–Crippen LogP) is 0.794. The highest BCUT2D eigenvalue weighted by atomic mass is 16.5. The first-order valence-corrected chi connectivity index (χ1v) is 5.30. The van der Waals surface area contributed by atoms with Crippen molar-refractivity contribution in [1.82, 2.24) is 5.32 Å². The third kappa shape index (κ3) is 6.32. The topological polar surface area (TPSA) is 75.6 Å². The van der Waals surface area contributed by atoms with E-state index >= 15 is 0 Å². The summed E-state index contributed by atoms with van der Waals surface area (Å²) in [6.45, 7) is 0.524. The molecular formula is C12H15NO4. The third-order valence-corrected chi connectivity index (χ3v) is 2.03. The molecule has 0 atom stereocenters. The zero-order chi connectivity index (χ0) is 12.5. The van der Waals surface area contributed by atoms with Gasteiger partial charge in [0.1, 0.15) is 6.61 Å². The maximum Gasteiger partial charge on any atom is 0.320 e. The Labute approximate surface area is 99.4 Å². The summed E-state index contributed by atoms with van der Waals surface area (Å²) in [6.07, 6.45) is -0.00797. The predicted molar refractivity (Wildman–Crippen MR) is 61.4 cm³/mol. The van der Waals surface area contributed by atoms with E-state index in [-0.39, 0.29) is 32.1 Å². The van der Waals surface area contributed by atoms with Crippen molar-refractivity contribution in [2.45, 2.75) is 13.0 Å². The summed E-state index contributed by atoms with van der Waals surface area (Å²) >= 11 is 0. The summed E-state index contributed by atoms with van der Waals surface area (Å²) in [4.78, 5) is 21.4. The van der Waals surface area contributed by atoms with Crippen LogP contribution >= 0.6 is 0 Å². The number of carboxylic acid groups (broad SMARTS) is 1. The molecule has 0 aromatic heterocycles. The molecule has 1 rings (SSSR count). The number of hydrogen-bond acceptors (Lipinski definition) is 4. The number of carbonyl (C=O) groups is 2. The first-order chi connectivity index (χ1) is 8.18. The summed E-state index contributed by atoms with van der Waals surface area (Å²) in [5, 5.41) is 11.1. The van der Waals surface area contributed by atoms with Crippen molar-refractivity contribution in [3.63, 3.8) is 0 Å². The molecule has 5 nitrogen and oxygen atoms in total. The average Bonchev–Trinajstić information content (AvgIpc) is 2.33. The maximum absolute atomic E-state index is 11.2. The lowest BCUT2D eigenvalue weighted by Crippen LogP contribution is -2.26. The van der Waals surface area contributed by atoms with Crippen LogP contribution in [-0.4, -0.2) is 30.1 Å². The smallest absolute Gasteiger partial charge is 0.320 e. The number of aliphatic carboxylic acids is 1. The van der Waals surface area contributed by atoms with Crippen LogP contribution in [0.5, 0.6) is 0 Å². The van der Waals surface area contributed by atoms with Crippen molar-refractivity contribution in [2.24, 2.45) is 0 Å². The Morgan fingerprint density at radius 2 is 1.94 bits per heavy atom. The molecule has 0 radical (unpaired) electrons.